The number of likely N-dealkylation sites (tertiary alicyclic amines) is 1. The summed E-state index contributed by atoms with van der Waals surface area (Å²) < 4.78 is 21.9. The second kappa shape index (κ2) is 18.9. The maximum absolute atomic E-state index is 11.6. The van der Waals surface area contributed by atoms with Crippen molar-refractivity contribution in [3.8, 4) is 5.75 Å². The standard InChI is InChI=1S/C29H46N6O5/c1-6-7-18-39-21-33-28(30)27(31-2)29(32-3)35(22-37-4)15-9-14-34-16-12-24(13-17-34)40-25-11-8-10-23(19-25)20-26(36)38-5/h8,10-11,19,24H,2-3,6-7,9,12-18,20-22H2,1,4-5H3,(H2,30,33)/b29-27-. The Kier molecular flexibility index (Phi) is 15.6. The second-order valence-corrected chi connectivity index (χ2v) is 9.52. The van der Waals surface area contributed by atoms with E-state index < -0.39 is 0 Å². The number of benzene rings is 1. The maximum Gasteiger partial charge on any atom is 0.309 e. The summed E-state index contributed by atoms with van der Waals surface area (Å²) in [5.41, 5.74) is 7.43. The number of hydrogen-bond donors (Lipinski definition) is 1. The SMILES string of the molecule is C=NC(=C(/N=C)N(CCCN1CCC(Oc2cccc(CC(=O)OC)c2)CC1)COC)/C(N)=N\COCCCC. The van der Waals surface area contributed by atoms with E-state index >= 15 is 0 Å². The Labute approximate surface area is 238 Å². The van der Waals surface area contributed by atoms with Crippen molar-refractivity contribution in [1.29, 1.82) is 0 Å². The van der Waals surface area contributed by atoms with Crippen LogP contribution in [0.2, 0.25) is 0 Å². The molecule has 0 spiro atoms. The fourth-order valence-corrected chi connectivity index (χ4v) is 4.38. The fraction of sp³-hybridized carbons (Fsp3) is 0.586. The van der Waals surface area contributed by atoms with E-state index in [-0.39, 0.29) is 31.1 Å². The van der Waals surface area contributed by atoms with Gasteiger partial charge in [-0.05, 0) is 63.4 Å². The Morgan fingerprint density at radius 1 is 1.18 bits per heavy atom. The molecule has 1 aliphatic heterocycles. The third-order valence-electron chi connectivity index (χ3n) is 6.53. The number of piperidine rings is 1. The minimum atomic E-state index is -0.262. The van der Waals surface area contributed by atoms with Crippen molar-refractivity contribution in [3.05, 3.63) is 41.3 Å². The zero-order valence-electron chi connectivity index (χ0n) is 24.3. The van der Waals surface area contributed by atoms with E-state index in [1.54, 1.807) is 7.11 Å². The predicted octanol–water partition coefficient (Wildman–Crippen LogP) is 3.24. The van der Waals surface area contributed by atoms with Crippen LogP contribution in [0, 0.1) is 0 Å². The van der Waals surface area contributed by atoms with Gasteiger partial charge in [-0.2, -0.15) is 0 Å². The Morgan fingerprint density at radius 3 is 2.60 bits per heavy atom. The highest BCUT2D eigenvalue weighted by molar-refractivity contribution is 5.97. The summed E-state index contributed by atoms with van der Waals surface area (Å²) in [7, 11) is 3.02. The predicted molar refractivity (Wildman–Crippen MR) is 159 cm³/mol. The van der Waals surface area contributed by atoms with Crippen LogP contribution in [0.3, 0.4) is 0 Å². The van der Waals surface area contributed by atoms with Crippen LogP contribution >= 0.6 is 0 Å². The van der Waals surface area contributed by atoms with E-state index in [9.17, 15) is 4.79 Å². The van der Waals surface area contributed by atoms with Gasteiger partial charge in [0.15, 0.2) is 11.7 Å². The lowest BCUT2D eigenvalue weighted by atomic mass is 10.1. The smallest absolute Gasteiger partial charge is 0.309 e. The van der Waals surface area contributed by atoms with Crippen molar-refractivity contribution in [3.63, 3.8) is 0 Å². The summed E-state index contributed by atoms with van der Waals surface area (Å²) in [6.07, 6.45) is 5.14. The van der Waals surface area contributed by atoms with Crippen LogP contribution in [-0.4, -0.2) is 102 Å². The molecule has 0 saturated carbocycles. The fourth-order valence-electron chi connectivity index (χ4n) is 4.38. The molecular weight excluding hydrogens is 512 g/mol. The van der Waals surface area contributed by atoms with Crippen LogP contribution in [0.4, 0.5) is 0 Å². The molecule has 11 nitrogen and oxygen atoms in total. The van der Waals surface area contributed by atoms with Gasteiger partial charge in [0.2, 0.25) is 0 Å². The van der Waals surface area contributed by atoms with E-state index in [0.29, 0.717) is 31.4 Å². The number of amidine groups is 1. The highest BCUT2D eigenvalue weighted by Gasteiger charge is 2.22. The van der Waals surface area contributed by atoms with Crippen LogP contribution in [0.1, 0.15) is 44.6 Å². The summed E-state index contributed by atoms with van der Waals surface area (Å²) in [4.78, 5) is 28.5. The topological polar surface area (TPSA) is 124 Å². The third-order valence-corrected chi connectivity index (χ3v) is 6.53. The third kappa shape index (κ3) is 11.4. The molecule has 1 saturated heterocycles. The van der Waals surface area contributed by atoms with Crippen LogP contribution in [0.15, 0.2) is 50.8 Å². The summed E-state index contributed by atoms with van der Waals surface area (Å²) in [6.45, 7) is 14.0. The Bertz CT molecular complexity index is 991. The molecule has 0 aromatic heterocycles. The molecular formula is C29H46N6O5. The summed E-state index contributed by atoms with van der Waals surface area (Å²) in [6, 6.07) is 7.65. The van der Waals surface area contributed by atoms with Crippen LogP contribution in [0.5, 0.6) is 5.75 Å². The van der Waals surface area contributed by atoms with Crippen molar-refractivity contribution in [2.45, 2.75) is 51.6 Å². The Balaban J connectivity index is 1.87. The molecule has 222 valence electrons. The van der Waals surface area contributed by atoms with Crippen molar-refractivity contribution in [2.75, 3.05) is 60.5 Å². The van der Waals surface area contributed by atoms with Crippen LogP contribution < -0.4 is 10.5 Å². The first-order valence-electron chi connectivity index (χ1n) is 13.8. The molecule has 1 heterocycles. The Morgan fingerprint density at radius 2 is 1.95 bits per heavy atom. The van der Waals surface area contributed by atoms with E-state index in [1.165, 1.54) is 7.11 Å². The van der Waals surface area contributed by atoms with E-state index in [2.05, 4.69) is 40.2 Å². The molecule has 0 unspecified atom stereocenters. The highest BCUT2D eigenvalue weighted by Crippen LogP contribution is 2.21. The first-order valence-corrected chi connectivity index (χ1v) is 13.8. The normalized spacial score (nSPS) is 15.3. The van der Waals surface area contributed by atoms with Crippen LogP contribution in [-0.2, 0) is 25.4 Å². The minimum absolute atomic E-state index is 0.142. The lowest BCUT2D eigenvalue weighted by molar-refractivity contribution is -0.139. The van der Waals surface area contributed by atoms with Gasteiger partial charge in [0.25, 0.3) is 0 Å². The van der Waals surface area contributed by atoms with Crippen molar-refractivity contribution < 1.29 is 23.7 Å². The number of methoxy groups -OCH3 is 2. The summed E-state index contributed by atoms with van der Waals surface area (Å²) in [5.74, 6) is 1.20. The Hall–Kier alpha value is -3.28. The van der Waals surface area contributed by atoms with Crippen molar-refractivity contribution in [2.24, 2.45) is 20.7 Å². The van der Waals surface area contributed by atoms with Gasteiger partial charge in [0, 0.05) is 33.4 Å². The highest BCUT2D eigenvalue weighted by atomic mass is 16.5. The van der Waals surface area contributed by atoms with E-state index in [0.717, 1.165) is 63.1 Å². The lowest BCUT2D eigenvalue weighted by Crippen LogP contribution is -2.39. The summed E-state index contributed by atoms with van der Waals surface area (Å²) in [5, 5.41) is 0. The number of nitrogens with zero attached hydrogens (tertiary/aromatic N) is 5. The van der Waals surface area contributed by atoms with Gasteiger partial charge in [-0.3, -0.25) is 9.79 Å². The van der Waals surface area contributed by atoms with Gasteiger partial charge >= 0.3 is 5.97 Å². The lowest BCUT2D eigenvalue weighted by Gasteiger charge is -2.33. The molecule has 1 aromatic carbocycles. The van der Waals surface area contributed by atoms with Gasteiger partial charge in [0.1, 0.15) is 31.0 Å². The van der Waals surface area contributed by atoms with Gasteiger partial charge < -0.3 is 34.5 Å². The monoisotopic (exact) mass is 558 g/mol. The molecule has 1 aromatic rings. The van der Waals surface area contributed by atoms with Gasteiger partial charge in [-0.1, -0.05) is 25.5 Å². The number of aliphatic imine (C=N–C) groups is 3. The molecule has 0 amide bonds. The van der Waals surface area contributed by atoms with Crippen LogP contribution in [0.25, 0.3) is 0 Å². The number of esters is 1. The molecule has 2 N–H and O–H groups in total. The number of carbonyl (C=O) groups is 1. The first kappa shape index (κ1) is 32.9. The zero-order chi connectivity index (χ0) is 29.2. The number of ether oxygens (including phenoxy) is 4. The minimum Gasteiger partial charge on any atom is -0.490 e. The van der Waals surface area contributed by atoms with Crippen molar-refractivity contribution >= 4 is 25.2 Å². The second-order valence-electron chi connectivity index (χ2n) is 9.52. The van der Waals surface area contributed by atoms with Gasteiger partial charge in [-0.15, -0.1) is 0 Å². The number of rotatable bonds is 19. The molecule has 11 heteroatoms. The maximum atomic E-state index is 11.6. The molecule has 2 rings (SSSR count). The number of carbonyl (C=O) groups excluding carboxylic acids is 1. The molecule has 1 aliphatic rings. The average Bonchev–Trinajstić information content (AvgIpc) is 2.96. The molecule has 0 atom stereocenters. The largest absolute Gasteiger partial charge is 0.490 e. The number of hydrogen-bond acceptors (Lipinski definition) is 10. The average molecular weight is 559 g/mol. The quantitative estimate of drug-likeness (QED) is 0.0903. The van der Waals surface area contributed by atoms with Crippen molar-refractivity contribution in [1.82, 2.24) is 9.80 Å². The first-order chi connectivity index (χ1) is 19.4. The van der Waals surface area contributed by atoms with E-state index in [4.69, 9.17) is 24.7 Å². The molecule has 0 bridgehead atoms. The molecule has 40 heavy (non-hydrogen) atoms. The zero-order valence-corrected chi connectivity index (χ0v) is 24.3. The molecule has 1 fully saturated rings. The number of unbranched alkanes of at least 4 members (excludes halogenated alkanes) is 1. The van der Waals surface area contributed by atoms with Gasteiger partial charge in [0.05, 0.1) is 13.5 Å². The summed E-state index contributed by atoms with van der Waals surface area (Å²) >= 11 is 0. The van der Waals surface area contributed by atoms with Gasteiger partial charge in [-0.25, -0.2) is 9.98 Å². The molecule has 0 aliphatic carbocycles. The number of nitrogens with two attached hydrogens (primary N) is 1. The molecule has 0 radical (unpaired) electrons. The van der Waals surface area contributed by atoms with E-state index in [1.807, 2.05) is 29.2 Å².